The van der Waals surface area contributed by atoms with Crippen molar-refractivity contribution in [3.63, 3.8) is 0 Å². The van der Waals surface area contributed by atoms with Gasteiger partial charge in [0.25, 0.3) is 0 Å². The summed E-state index contributed by atoms with van der Waals surface area (Å²) < 4.78 is 20.5. The molecule has 0 saturated heterocycles. The molecule has 0 atom stereocenters. The molecule has 0 aliphatic rings. The minimum absolute atomic E-state index is 0.0818. The van der Waals surface area contributed by atoms with Crippen LogP contribution in [0.1, 0.15) is 50.4 Å². The van der Waals surface area contributed by atoms with E-state index < -0.39 is 5.60 Å². The van der Waals surface area contributed by atoms with Gasteiger partial charge in [-0.3, -0.25) is 9.59 Å². The molecule has 0 bridgehead atoms. The molecule has 0 aliphatic heterocycles. The molecule has 3 aromatic carbocycles. The maximum absolute atomic E-state index is 13.6. The second kappa shape index (κ2) is 10.0. The number of halogens is 2. The van der Waals surface area contributed by atoms with Crippen LogP contribution in [0.2, 0.25) is 5.02 Å². The van der Waals surface area contributed by atoms with Gasteiger partial charge in [-0.1, -0.05) is 35.9 Å². The normalized spacial score (nSPS) is 11.6. The van der Waals surface area contributed by atoms with Crippen molar-refractivity contribution in [2.75, 3.05) is 0 Å². The zero-order chi connectivity index (χ0) is 25.2. The molecule has 0 amide bonds. The van der Waals surface area contributed by atoms with Gasteiger partial charge in [0.1, 0.15) is 17.1 Å². The Morgan fingerprint density at radius 1 is 1.00 bits per heavy atom. The van der Waals surface area contributed by atoms with Gasteiger partial charge in [-0.2, -0.15) is 5.10 Å². The van der Waals surface area contributed by atoms with E-state index in [9.17, 15) is 14.0 Å². The average molecular weight is 493 g/mol. The fraction of sp³-hybridized carbons (Fsp3) is 0.250. The number of nitrogens with zero attached hydrogens (tertiary/aromatic N) is 2. The molecule has 180 valence electrons. The number of rotatable bonds is 7. The molecule has 4 aromatic rings. The molecule has 0 spiro atoms. The van der Waals surface area contributed by atoms with Crippen LogP contribution in [0.4, 0.5) is 4.39 Å². The Bertz CT molecular complexity index is 1390. The zero-order valence-electron chi connectivity index (χ0n) is 19.8. The minimum Gasteiger partial charge on any atom is -0.460 e. The van der Waals surface area contributed by atoms with Crippen LogP contribution in [0.15, 0.2) is 66.7 Å². The van der Waals surface area contributed by atoms with E-state index in [2.05, 4.69) is 0 Å². The van der Waals surface area contributed by atoms with Gasteiger partial charge in [-0.25, -0.2) is 9.07 Å². The Morgan fingerprint density at radius 2 is 1.71 bits per heavy atom. The fourth-order valence-electron chi connectivity index (χ4n) is 3.85. The summed E-state index contributed by atoms with van der Waals surface area (Å²) in [6.45, 7) is 5.44. The Kier molecular flexibility index (Phi) is 7.03. The van der Waals surface area contributed by atoms with Crippen LogP contribution in [0.25, 0.3) is 27.8 Å². The second-order valence-electron chi connectivity index (χ2n) is 9.31. The molecule has 4 rings (SSSR count). The monoisotopic (exact) mass is 492 g/mol. The number of carbonyl (C=O) groups is 2. The van der Waals surface area contributed by atoms with Crippen LogP contribution in [-0.2, 0) is 9.53 Å². The van der Waals surface area contributed by atoms with E-state index in [1.165, 1.54) is 12.1 Å². The highest BCUT2D eigenvalue weighted by atomic mass is 35.5. The average Bonchev–Trinajstić information content (AvgIpc) is 3.17. The number of benzene rings is 3. The quantitative estimate of drug-likeness (QED) is 0.202. The van der Waals surface area contributed by atoms with E-state index in [-0.39, 0.29) is 30.4 Å². The standard InChI is InChI=1S/C28H26ClFN2O3/c1-28(2,3)35-26(34)10-6-9-25(33)18-11-16-22-24(17-18)32(20-14-12-19(30)13-15-20)31-27(22)21-7-4-5-8-23(21)29/h4-5,7-8,11-17H,6,9-10H2,1-3H3. The summed E-state index contributed by atoms with van der Waals surface area (Å²) in [5.74, 6) is -0.751. The number of esters is 1. The van der Waals surface area contributed by atoms with Crippen LogP contribution < -0.4 is 0 Å². The number of ketones is 1. The van der Waals surface area contributed by atoms with Crippen molar-refractivity contribution < 1.29 is 18.7 Å². The first kappa shape index (κ1) is 24.6. The first-order chi connectivity index (χ1) is 16.6. The van der Waals surface area contributed by atoms with Crippen molar-refractivity contribution in [3.05, 3.63) is 83.1 Å². The van der Waals surface area contributed by atoms with E-state index in [0.29, 0.717) is 33.9 Å². The van der Waals surface area contributed by atoms with E-state index in [4.69, 9.17) is 21.4 Å². The number of fused-ring (bicyclic) bond motifs is 1. The fourth-order valence-corrected chi connectivity index (χ4v) is 4.08. The van der Waals surface area contributed by atoms with Gasteiger partial charge >= 0.3 is 5.97 Å². The molecule has 35 heavy (non-hydrogen) atoms. The van der Waals surface area contributed by atoms with Crippen LogP contribution in [0.5, 0.6) is 0 Å². The van der Waals surface area contributed by atoms with Gasteiger partial charge in [-0.05, 0) is 69.7 Å². The van der Waals surface area contributed by atoms with E-state index >= 15 is 0 Å². The van der Waals surface area contributed by atoms with Crippen molar-refractivity contribution in [2.24, 2.45) is 0 Å². The SMILES string of the molecule is CC(C)(C)OC(=O)CCCC(=O)c1ccc2c(-c3ccccc3Cl)nn(-c3ccc(F)cc3)c2c1. The van der Waals surface area contributed by atoms with Gasteiger partial charge in [0, 0.05) is 29.4 Å². The van der Waals surface area contributed by atoms with E-state index in [1.54, 1.807) is 35.0 Å². The topological polar surface area (TPSA) is 61.2 Å². The smallest absolute Gasteiger partial charge is 0.306 e. The molecular weight excluding hydrogens is 467 g/mol. The molecule has 1 heterocycles. The molecule has 0 radical (unpaired) electrons. The highest BCUT2D eigenvalue weighted by molar-refractivity contribution is 6.33. The number of Topliss-reactive ketones (excluding diaryl/α,β-unsaturated/α-hetero) is 1. The Balaban J connectivity index is 1.67. The first-order valence-corrected chi connectivity index (χ1v) is 11.8. The molecule has 0 unspecified atom stereocenters. The summed E-state index contributed by atoms with van der Waals surface area (Å²) in [6.07, 6.45) is 0.788. The van der Waals surface area contributed by atoms with Crippen molar-refractivity contribution >= 4 is 34.3 Å². The maximum atomic E-state index is 13.6. The van der Waals surface area contributed by atoms with E-state index in [1.807, 2.05) is 45.0 Å². The summed E-state index contributed by atoms with van der Waals surface area (Å²) in [7, 11) is 0. The van der Waals surface area contributed by atoms with Crippen LogP contribution in [0.3, 0.4) is 0 Å². The number of hydrogen-bond donors (Lipinski definition) is 0. The first-order valence-electron chi connectivity index (χ1n) is 11.4. The molecular formula is C28H26ClFN2O3. The lowest BCUT2D eigenvalue weighted by molar-refractivity contribution is -0.154. The van der Waals surface area contributed by atoms with Crippen LogP contribution >= 0.6 is 11.6 Å². The highest BCUT2D eigenvalue weighted by Crippen LogP contribution is 2.34. The van der Waals surface area contributed by atoms with Crippen molar-refractivity contribution in [3.8, 4) is 16.9 Å². The third-order valence-corrected chi connectivity index (χ3v) is 5.74. The molecule has 0 fully saturated rings. The molecule has 7 heteroatoms. The number of ether oxygens (including phenoxy) is 1. The summed E-state index contributed by atoms with van der Waals surface area (Å²) in [5, 5.41) is 6.15. The lowest BCUT2D eigenvalue weighted by Gasteiger charge is -2.19. The molecule has 0 saturated carbocycles. The number of carbonyl (C=O) groups excluding carboxylic acids is 2. The Morgan fingerprint density at radius 3 is 2.40 bits per heavy atom. The molecule has 0 N–H and O–H groups in total. The van der Waals surface area contributed by atoms with Gasteiger partial charge in [0.05, 0.1) is 16.2 Å². The third kappa shape index (κ3) is 5.77. The van der Waals surface area contributed by atoms with Crippen LogP contribution in [0, 0.1) is 5.82 Å². The van der Waals surface area contributed by atoms with E-state index in [0.717, 1.165) is 10.9 Å². The minimum atomic E-state index is -0.551. The largest absolute Gasteiger partial charge is 0.460 e. The van der Waals surface area contributed by atoms with Crippen molar-refractivity contribution in [1.29, 1.82) is 0 Å². The summed E-state index contributed by atoms with van der Waals surface area (Å²) >= 11 is 6.45. The highest BCUT2D eigenvalue weighted by Gasteiger charge is 2.19. The molecule has 5 nitrogen and oxygen atoms in total. The molecule has 0 aliphatic carbocycles. The predicted octanol–water partition coefficient (Wildman–Crippen LogP) is 7.18. The van der Waals surface area contributed by atoms with Gasteiger partial charge < -0.3 is 4.74 Å². The lowest BCUT2D eigenvalue weighted by atomic mass is 10.0. The van der Waals surface area contributed by atoms with Crippen molar-refractivity contribution in [2.45, 2.75) is 45.6 Å². The second-order valence-corrected chi connectivity index (χ2v) is 9.72. The summed E-state index contributed by atoms with van der Waals surface area (Å²) in [6, 6.07) is 18.8. The summed E-state index contributed by atoms with van der Waals surface area (Å²) in [5.41, 5.74) is 2.74. The summed E-state index contributed by atoms with van der Waals surface area (Å²) in [4.78, 5) is 24.9. The number of hydrogen-bond acceptors (Lipinski definition) is 4. The van der Waals surface area contributed by atoms with Gasteiger partial charge in [0.15, 0.2) is 5.78 Å². The van der Waals surface area contributed by atoms with Crippen LogP contribution in [-0.4, -0.2) is 27.1 Å². The van der Waals surface area contributed by atoms with Gasteiger partial charge in [0.2, 0.25) is 0 Å². The Labute approximate surface area is 208 Å². The third-order valence-electron chi connectivity index (χ3n) is 5.41. The van der Waals surface area contributed by atoms with Crippen molar-refractivity contribution in [1.82, 2.24) is 9.78 Å². The predicted molar refractivity (Wildman–Crippen MR) is 136 cm³/mol. The lowest BCUT2D eigenvalue weighted by Crippen LogP contribution is -2.23. The zero-order valence-corrected chi connectivity index (χ0v) is 20.6. The molecule has 1 aromatic heterocycles. The Hall–Kier alpha value is -3.51. The number of aromatic nitrogens is 2. The van der Waals surface area contributed by atoms with Gasteiger partial charge in [-0.15, -0.1) is 0 Å². The maximum Gasteiger partial charge on any atom is 0.306 e.